The van der Waals surface area contributed by atoms with Gasteiger partial charge in [-0.2, -0.15) is 0 Å². The molecule has 2 amide bonds. The lowest BCUT2D eigenvalue weighted by atomic mass is 9.86. The fourth-order valence-corrected chi connectivity index (χ4v) is 5.56. The van der Waals surface area contributed by atoms with Crippen LogP contribution in [0.2, 0.25) is 0 Å². The van der Waals surface area contributed by atoms with Gasteiger partial charge in [0.1, 0.15) is 33.4 Å². The molecule has 1 unspecified atom stereocenters. The predicted octanol–water partition coefficient (Wildman–Crippen LogP) is 1.86. The highest BCUT2D eigenvalue weighted by molar-refractivity contribution is 7.90. The lowest BCUT2D eigenvalue weighted by Gasteiger charge is -2.22. The molecule has 1 aliphatic carbocycles. The molecule has 190 valence electrons. The minimum Gasteiger partial charge on any atom is -0.495 e. The highest BCUT2D eigenvalue weighted by Crippen LogP contribution is 2.39. The SMILES string of the molecule is COc1cc2c(cc1Nc1ncnc3[nH]c4c(c13)CC(C(=O)NCCCS(C)(=O)=O)CC4)NC(=O)C2. The number of H-pyrrole nitrogens is 1. The van der Waals surface area contributed by atoms with Gasteiger partial charge >= 0.3 is 0 Å². The van der Waals surface area contributed by atoms with E-state index in [1.807, 2.05) is 12.1 Å². The van der Waals surface area contributed by atoms with Gasteiger partial charge in [-0.1, -0.05) is 0 Å². The molecule has 4 N–H and O–H groups in total. The van der Waals surface area contributed by atoms with Crippen molar-refractivity contribution in [3.63, 3.8) is 0 Å². The van der Waals surface area contributed by atoms with Crippen molar-refractivity contribution in [1.29, 1.82) is 0 Å². The van der Waals surface area contributed by atoms with Crippen molar-refractivity contribution < 1.29 is 22.7 Å². The van der Waals surface area contributed by atoms with Gasteiger partial charge in [0, 0.05) is 30.1 Å². The number of benzene rings is 1. The van der Waals surface area contributed by atoms with Crippen molar-refractivity contribution in [2.45, 2.75) is 32.1 Å². The number of fused-ring (bicyclic) bond motifs is 4. The van der Waals surface area contributed by atoms with Gasteiger partial charge in [-0.15, -0.1) is 0 Å². The van der Waals surface area contributed by atoms with Crippen LogP contribution in [0.1, 0.15) is 29.7 Å². The molecule has 0 bridgehead atoms. The zero-order valence-electron chi connectivity index (χ0n) is 20.1. The van der Waals surface area contributed by atoms with E-state index in [2.05, 4.69) is 30.9 Å². The fourth-order valence-electron chi connectivity index (χ4n) is 4.90. The molecule has 3 aromatic rings. The Morgan fingerprint density at radius 3 is 2.89 bits per heavy atom. The summed E-state index contributed by atoms with van der Waals surface area (Å²) in [6.45, 7) is 0.327. The third-order valence-corrected chi connectivity index (χ3v) is 7.67. The summed E-state index contributed by atoms with van der Waals surface area (Å²) in [5, 5.41) is 9.89. The molecule has 5 rings (SSSR count). The number of methoxy groups -OCH3 is 1. The topological polar surface area (TPSA) is 155 Å². The number of hydrogen-bond acceptors (Lipinski definition) is 8. The van der Waals surface area contributed by atoms with Crippen LogP contribution >= 0.6 is 0 Å². The maximum Gasteiger partial charge on any atom is 0.228 e. The van der Waals surface area contributed by atoms with Gasteiger partial charge in [0.25, 0.3) is 0 Å². The first-order chi connectivity index (χ1) is 17.2. The van der Waals surface area contributed by atoms with E-state index in [0.717, 1.165) is 27.9 Å². The highest BCUT2D eigenvalue weighted by atomic mass is 32.2. The fraction of sp³-hybridized carbons (Fsp3) is 0.417. The van der Waals surface area contributed by atoms with Crippen LogP contribution in [0.25, 0.3) is 11.0 Å². The number of hydrogen-bond donors (Lipinski definition) is 4. The molecule has 0 fully saturated rings. The molecule has 0 radical (unpaired) electrons. The Balaban J connectivity index is 1.39. The smallest absolute Gasteiger partial charge is 0.228 e. The standard InChI is InChI=1S/C24H28N6O5S/c1-35-19-9-14-10-20(31)28-17(14)11-18(19)30-23-21-15-8-13(24(32)25-6-3-7-36(2,33)34)4-5-16(15)29-22(21)26-12-27-23/h9,11-13H,3-8,10H2,1-2H3,(H,25,32)(H,28,31)(H2,26,27,29,30). The highest BCUT2D eigenvalue weighted by Gasteiger charge is 2.29. The maximum atomic E-state index is 12.8. The normalized spacial score (nSPS) is 16.8. The van der Waals surface area contributed by atoms with E-state index in [0.29, 0.717) is 61.6 Å². The predicted molar refractivity (Wildman–Crippen MR) is 135 cm³/mol. The number of aryl methyl sites for hydroxylation is 1. The molecule has 2 aliphatic rings. The van der Waals surface area contributed by atoms with Crippen LogP contribution in [0.4, 0.5) is 17.2 Å². The van der Waals surface area contributed by atoms with Crippen LogP contribution in [0.15, 0.2) is 18.5 Å². The van der Waals surface area contributed by atoms with Crippen molar-refractivity contribution in [3.8, 4) is 5.75 Å². The van der Waals surface area contributed by atoms with Gasteiger partial charge < -0.3 is 25.7 Å². The lowest BCUT2D eigenvalue weighted by molar-refractivity contribution is -0.125. The van der Waals surface area contributed by atoms with E-state index in [-0.39, 0.29) is 23.5 Å². The number of ether oxygens (including phenoxy) is 1. The number of carbonyl (C=O) groups is 2. The first-order valence-electron chi connectivity index (χ1n) is 11.8. The third-order valence-electron chi connectivity index (χ3n) is 6.64. The molecule has 0 spiro atoms. The Kier molecular flexibility index (Phi) is 6.29. The Morgan fingerprint density at radius 1 is 1.28 bits per heavy atom. The average molecular weight is 513 g/mol. The minimum atomic E-state index is -3.05. The summed E-state index contributed by atoms with van der Waals surface area (Å²) in [5.41, 5.74) is 4.97. The van der Waals surface area contributed by atoms with Crippen LogP contribution < -0.4 is 20.7 Å². The molecular weight excluding hydrogens is 484 g/mol. The van der Waals surface area contributed by atoms with Crippen LogP contribution in [0, 0.1) is 5.92 Å². The summed E-state index contributed by atoms with van der Waals surface area (Å²) < 4.78 is 28.2. The Hall–Kier alpha value is -3.67. The van der Waals surface area contributed by atoms with Gasteiger partial charge in [-0.3, -0.25) is 9.59 Å². The van der Waals surface area contributed by atoms with Crippen molar-refractivity contribution in [1.82, 2.24) is 20.3 Å². The second kappa shape index (κ2) is 9.41. The zero-order valence-corrected chi connectivity index (χ0v) is 20.9. The zero-order chi connectivity index (χ0) is 25.4. The molecule has 12 heteroatoms. The van der Waals surface area contributed by atoms with Gasteiger partial charge in [0.05, 0.1) is 30.4 Å². The lowest BCUT2D eigenvalue weighted by Crippen LogP contribution is -2.35. The van der Waals surface area contributed by atoms with Crippen molar-refractivity contribution in [2.24, 2.45) is 5.92 Å². The Morgan fingerprint density at radius 2 is 2.11 bits per heavy atom. The second-order valence-electron chi connectivity index (χ2n) is 9.30. The van der Waals surface area contributed by atoms with E-state index in [1.165, 1.54) is 12.6 Å². The number of aromatic amines is 1. The molecule has 1 aromatic carbocycles. The van der Waals surface area contributed by atoms with Gasteiger partial charge in [0.2, 0.25) is 11.8 Å². The number of nitrogens with one attached hydrogen (secondary N) is 4. The first kappa shape index (κ1) is 24.0. The summed E-state index contributed by atoms with van der Waals surface area (Å²) in [7, 11) is -1.48. The van der Waals surface area contributed by atoms with Crippen LogP contribution in [0.5, 0.6) is 5.75 Å². The molecule has 0 saturated heterocycles. The van der Waals surface area contributed by atoms with Crippen LogP contribution in [-0.4, -0.2) is 60.8 Å². The summed E-state index contributed by atoms with van der Waals surface area (Å²) in [5.74, 6) is 0.849. The van der Waals surface area contributed by atoms with Gasteiger partial charge in [-0.05, 0) is 48.9 Å². The van der Waals surface area contributed by atoms with Gasteiger partial charge in [0.15, 0.2) is 0 Å². The molecule has 1 atom stereocenters. The van der Waals surface area contributed by atoms with Crippen molar-refractivity contribution in [3.05, 3.63) is 35.3 Å². The van der Waals surface area contributed by atoms with Crippen LogP contribution in [-0.2, 0) is 38.7 Å². The average Bonchev–Trinajstić information content (AvgIpc) is 3.39. The van der Waals surface area contributed by atoms with E-state index < -0.39 is 9.84 Å². The van der Waals surface area contributed by atoms with E-state index >= 15 is 0 Å². The summed E-state index contributed by atoms with van der Waals surface area (Å²) >= 11 is 0. The number of anilines is 3. The Bertz CT molecular complexity index is 1470. The second-order valence-corrected chi connectivity index (χ2v) is 11.6. The molecule has 11 nitrogen and oxygen atoms in total. The number of rotatable bonds is 8. The molecule has 2 aromatic heterocycles. The summed E-state index contributed by atoms with van der Waals surface area (Å²) in [6.07, 6.45) is 5.27. The largest absolute Gasteiger partial charge is 0.495 e. The molecular formula is C24H28N6O5S. The number of sulfone groups is 1. The summed E-state index contributed by atoms with van der Waals surface area (Å²) in [4.78, 5) is 36.9. The molecule has 3 heterocycles. The number of carbonyl (C=O) groups excluding carboxylic acids is 2. The molecule has 0 saturated carbocycles. The van der Waals surface area contributed by atoms with Gasteiger partial charge in [-0.25, -0.2) is 18.4 Å². The first-order valence-corrected chi connectivity index (χ1v) is 13.9. The molecule has 1 aliphatic heterocycles. The van der Waals surface area contributed by atoms with E-state index in [9.17, 15) is 18.0 Å². The van der Waals surface area contributed by atoms with Crippen molar-refractivity contribution in [2.75, 3.05) is 36.3 Å². The summed E-state index contributed by atoms with van der Waals surface area (Å²) in [6, 6.07) is 3.67. The van der Waals surface area contributed by atoms with E-state index in [4.69, 9.17) is 4.74 Å². The molecule has 36 heavy (non-hydrogen) atoms. The number of nitrogens with zero attached hydrogens (tertiary/aromatic N) is 2. The van der Waals surface area contributed by atoms with Crippen LogP contribution in [0.3, 0.4) is 0 Å². The van der Waals surface area contributed by atoms with E-state index in [1.54, 1.807) is 7.11 Å². The van der Waals surface area contributed by atoms with Crippen molar-refractivity contribution >= 4 is 49.9 Å². The minimum absolute atomic E-state index is 0.0484. The quantitative estimate of drug-likeness (QED) is 0.333. The number of amides is 2. The maximum absolute atomic E-state index is 12.8. The number of aromatic nitrogens is 3. The third kappa shape index (κ3) is 4.85. The Labute approximate surface area is 208 Å². The monoisotopic (exact) mass is 512 g/mol.